The molecule has 0 aliphatic carbocycles. The standard InChI is InChI=1S/C25H17IS/c26-22-16-9-15-21-24(22)27-23-17-8-7-14-20(23)25(21,18-10-3-1-4-11-18)19-12-5-2-6-13-19/h1-17H. The molecule has 2 heteroatoms. The first-order chi connectivity index (χ1) is 13.3. The third-order valence-corrected chi connectivity index (χ3v) is 7.77. The summed E-state index contributed by atoms with van der Waals surface area (Å²) in [6.07, 6.45) is 0. The minimum atomic E-state index is -0.305. The second-order valence-corrected chi connectivity index (χ2v) is 8.91. The number of fused-ring (bicyclic) bond motifs is 2. The van der Waals surface area contributed by atoms with Gasteiger partial charge in [0.1, 0.15) is 0 Å². The molecule has 27 heavy (non-hydrogen) atoms. The first kappa shape index (κ1) is 17.1. The van der Waals surface area contributed by atoms with Crippen LogP contribution in [0.3, 0.4) is 0 Å². The van der Waals surface area contributed by atoms with Gasteiger partial charge in [0, 0.05) is 13.4 Å². The van der Waals surface area contributed by atoms with Gasteiger partial charge in [0.05, 0.1) is 5.41 Å². The Morgan fingerprint density at radius 3 is 1.78 bits per heavy atom. The Balaban J connectivity index is 1.99. The molecule has 0 radical (unpaired) electrons. The van der Waals surface area contributed by atoms with Crippen LogP contribution in [-0.4, -0.2) is 0 Å². The Hall–Kier alpha value is -2.04. The molecule has 0 nitrogen and oxygen atoms in total. The lowest BCUT2D eigenvalue weighted by molar-refractivity contribution is 0.701. The van der Waals surface area contributed by atoms with E-state index in [2.05, 4.69) is 126 Å². The van der Waals surface area contributed by atoms with E-state index < -0.39 is 0 Å². The van der Waals surface area contributed by atoms with Gasteiger partial charge in [-0.25, -0.2) is 0 Å². The molecule has 0 bridgehead atoms. The molecule has 1 aliphatic heterocycles. The minimum absolute atomic E-state index is 0.305. The molecule has 130 valence electrons. The summed E-state index contributed by atoms with van der Waals surface area (Å²) in [6, 6.07) is 37.4. The van der Waals surface area contributed by atoms with Crippen LogP contribution in [0, 0.1) is 3.57 Å². The fourth-order valence-electron chi connectivity index (χ4n) is 4.19. The molecule has 4 aromatic rings. The minimum Gasteiger partial charge on any atom is -0.0883 e. The molecule has 0 amide bonds. The Kier molecular flexibility index (Phi) is 4.33. The lowest BCUT2D eigenvalue weighted by Gasteiger charge is -2.42. The average Bonchev–Trinajstić information content (AvgIpc) is 2.74. The van der Waals surface area contributed by atoms with E-state index in [0.29, 0.717) is 0 Å². The maximum atomic E-state index is 2.48. The maximum Gasteiger partial charge on any atom is 0.0723 e. The van der Waals surface area contributed by atoms with Crippen molar-refractivity contribution in [2.75, 3.05) is 0 Å². The molecular weight excluding hydrogens is 459 g/mol. The summed E-state index contributed by atoms with van der Waals surface area (Å²) in [5, 5.41) is 0. The number of benzene rings is 4. The molecule has 0 saturated carbocycles. The van der Waals surface area contributed by atoms with Crippen LogP contribution in [0.4, 0.5) is 0 Å². The molecule has 0 spiro atoms. The van der Waals surface area contributed by atoms with E-state index in [-0.39, 0.29) is 5.41 Å². The number of hydrogen-bond donors (Lipinski definition) is 0. The van der Waals surface area contributed by atoms with Crippen LogP contribution >= 0.6 is 34.4 Å². The Morgan fingerprint density at radius 1 is 0.556 bits per heavy atom. The highest BCUT2D eigenvalue weighted by molar-refractivity contribution is 14.1. The Morgan fingerprint density at radius 2 is 1.11 bits per heavy atom. The van der Waals surface area contributed by atoms with Crippen LogP contribution in [0.5, 0.6) is 0 Å². The van der Waals surface area contributed by atoms with Crippen molar-refractivity contribution >= 4 is 34.4 Å². The Bertz CT molecular complexity index is 1060. The fourth-order valence-corrected chi connectivity index (χ4v) is 6.22. The third-order valence-electron chi connectivity index (χ3n) is 5.29. The summed E-state index contributed by atoms with van der Waals surface area (Å²) in [5.41, 5.74) is 5.05. The SMILES string of the molecule is Ic1cccc2c1Sc1ccccc1C2(c1ccccc1)c1ccccc1. The molecule has 0 N–H and O–H groups in total. The summed E-state index contributed by atoms with van der Waals surface area (Å²) < 4.78 is 1.31. The normalized spacial score (nSPS) is 14.3. The van der Waals surface area contributed by atoms with Crippen LogP contribution in [0.1, 0.15) is 22.3 Å². The summed E-state index contributed by atoms with van der Waals surface area (Å²) in [7, 11) is 0. The van der Waals surface area contributed by atoms with E-state index in [0.717, 1.165) is 0 Å². The van der Waals surface area contributed by atoms with E-state index in [1.165, 1.54) is 35.6 Å². The van der Waals surface area contributed by atoms with Crippen molar-refractivity contribution in [1.29, 1.82) is 0 Å². The molecule has 5 rings (SSSR count). The highest BCUT2D eigenvalue weighted by Crippen LogP contribution is 2.56. The average molecular weight is 476 g/mol. The van der Waals surface area contributed by atoms with Gasteiger partial charge in [-0.1, -0.05) is 103 Å². The lowest BCUT2D eigenvalue weighted by atomic mass is 9.65. The molecule has 4 aromatic carbocycles. The van der Waals surface area contributed by atoms with Crippen LogP contribution < -0.4 is 0 Å². The van der Waals surface area contributed by atoms with E-state index in [4.69, 9.17) is 0 Å². The topological polar surface area (TPSA) is 0 Å². The van der Waals surface area contributed by atoms with Crippen molar-refractivity contribution in [1.82, 2.24) is 0 Å². The zero-order chi connectivity index (χ0) is 18.3. The third kappa shape index (κ3) is 2.58. The van der Waals surface area contributed by atoms with Gasteiger partial charge in [-0.3, -0.25) is 0 Å². The second-order valence-electron chi connectivity index (χ2n) is 6.70. The number of rotatable bonds is 2. The van der Waals surface area contributed by atoms with Gasteiger partial charge >= 0.3 is 0 Å². The smallest absolute Gasteiger partial charge is 0.0723 e. The molecule has 0 unspecified atom stereocenters. The van der Waals surface area contributed by atoms with Gasteiger partial charge in [-0.2, -0.15) is 0 Å². The Labute approximate surface area is 177 Å². The molecule has 1 heterocycles. The lowest BCUT2D eigenvalue weighted by Crippen LogP contribution is -2.34. The second kappa shape index (κ2) is 6.84. The van der Waals surface area contributed by atoms with Crippen molar-refractivity contribution in [2.24, 2.45) is 0 Å². The summed E-state index contributed by atoms with van der Waals surface area (Å²) in [5.74, 6) is 0. The predicted molar refractivity (Wildman–Crippen MR) is 122 cm³/mol. The number of halogens is 1. The molecule has 0 atom stereocenters. The summed E-state index contributed by atoms with van der Waals surface area (Å²) >= 11 is 4.37. The van der Waals surface area contributed by atoms with E-state index in [1.54, 1.807) is 0 Å². The summed E-state index contributed by atoms with van der Waals surface area (Å²) in [6.45, 7) is 0. The van der Waals surface area contributed by atoms with Crippen molar-refractivity contribution in [3.05, 3.63) is 129 Å². The first-order valence-electron chi connectivity index (χ1n) is 8.99. The van der Waals surface area contributed by atoms with Gasteiger partial charge in [-0.05, 0) is 57.0 Å². The van der Waals surface area contributed by atoms with Gasteiger partial charge in [0.15, 0.2) is 0 Å². The molecule has 0 fully saturated rings. The molecule has 1 aliphatic rings. The van der Waals surface area contributed by atoms with Crippen LogP contribution in [0.25, 0.3) is 0 Å². The first-order valence-corrected chi connectivity index (χ1v) is 10.9. The van der Waals surface area contributed by atoms with Crippen LogP contribution in [-0.2, 0) is 5.41 Å². The highest BCUT2D eigenvalue weighted by atomic mass is 127. The van der Waals surface area contributed by atoms with E-state index in [1.807, 2.05) is 11.8 Å². The largest absolute Gasteiger partial charge is 0.0883 e. The van der Waals surface area contributed by atoms with Gasteiger partial charge in [0.25, 0.3) is 0 Å². The predicted octanol–water partition coefficient (Wildman–Crippen LogP) is 7.14. The van der Waals surface area contributed by atoms with Crippen molar-refractivity contribution in [2.45, 2.75) is 15.2 Å². The van der Waals surface area contributed by atoms with Crippen LogP contribution in [0.15, 0.2) is 113 Å². The van der Waals surface area contributed by atoms with Gasteiger partial charge in [0.2, 0.25) is 0 Å². The maximum absolute atomic E-state index is 2.48. The highest BCUT2D eigenvalue weighted by Gasteiger charge is 2.44. The van der Waals surface area contributed by atoms with Gasteiger partial charge < -0.3 is 0 Å². The zero-order valence-electron chi connectivity index (χ0n) is 14.6. The number of hydrogen-bond acceptors (Lipinski definition) is 1. The monoisotopic (exact) mass is 476 g/mol. The van der Waals surface area contributed by atoms with Gasteiger partial charge in [-0.15, -0.1) is 0 Å². The van der Waals surface area contributed by atoms with Crippen molar-refractivity contribution in [3.8, 4) is 0 Å². The fraction of sp³-hybridized carbons (Fsp3) is 0.0400. The van der Waals surface area contributed by atoms with E-state index in [9.17, 15) is 0 Å². The van der Waals surface area contributed by atoms with E-state index >= 15 is 0 Å². The molecular formula is C25H17IS. The zero-order valence-corrected chi connectivity index (χ0v) is 17.6. The molecule has 0 saturated heterocycles. The quantitative estimate of drug-likeness (QED) is 0.244. The summed E-state index contributed by atoms with van der Waals surface area (Å²) in [4.78, 5) is 2.70. The van der Waals surface area contributed by atoms with Crippen molar-refractivity contribution < 1.29 is 0 Å². The molecule has 0 aromatic heterocycles. The van der Waals surface area contributed by atoms with Crippen LogP contribution in [0.2, 0.25) is 0 Å². The van der Waals surface area contributed by atoms with Crippen molar-refractivity contribution in [3.63, 3.8) is 0 Å².